The Labute approximate surface area is 157 Å². The first-order valence-corrected chi connectivity index (χ1v) is 9.35. The highest BCUT2D eigenvalue weighted by Gasteiger charge is 2.20. The lowest BCUT2D eigenvalue weighted by Gasteiger charge is -2.13. The summed E-state index contributed by atoms with van der Waals surface area (Å²) in [5.41, 5.74) is 1.52. The zero-order valence-electron chi connectivity index (χ0n) is 15.3. The standard InChI is InChI=1S/C19H22N6O2/c1-2-27-19(26)18-17(13-8-5-6-9-14(13)21-24-18)20-12-16-23-22-15-10-4-3-7-11-25(15)16/h5-6,8-9H,2-4,7,10-12H2,1H3,(H,20,21). The number of aromatic nitrogens is 5. The average molecular weight is 366 g/mol. The molecule has 0 fully saturated rings. The molecule has 3 heterocycles. The average Bonchev–Trinajstić information content (AvgIpc) is 2.92. The Morgan fingerprint density at radius 3 is 2.93 bits per heavy atom. The third-order valence-electron chi connectivity index (χ3n) is 4.75. The monoisotopic (exact) mass is 366 g/mol. The fourth-order valence-corrected chi connectivity index (χ4v) is 3.42. The van der Waals surface area contributed by atoms with E-state index in [9.17, 15) is 4.79 Å². The summed E-state index contributed by atoms with van der Waals surface area (Å²) < 4.78 is 7.33. The van der Waals surface area contributed by atoms with Gasteiger partial charge in [0.2, 0.25) is 0 Å². The first-order valence-electron chi connectivity index (χ1n) is 9.35. The van der Waals surface area contributed by atoms with Gasteiger partial charge in [0.15, 0.2) is 11.5 Å². The van der Waals surface area contributed by atoms with Crippen molar-refractivity contribution in [1.82, 2.24) is 25.0 Å². The molecule has 0 bridgehead atoms. The maximum atomic E-state index is 12.4. The van der Waals surface area contributed by atoms with Crippen LogP contribution in [0.1, 0.15) is 48.3 Å². The van der Waals surface area contributed by atoms with E-state index in [-0.39, 0.29) is 12.3 Å². The quantitative estimate of drug-likeness (QED) is 0.694. The number of carbonyl (C=O) groups excluding carboxylic acids is 1. The molecule has 8 heteroatoms. The summed E-state index contributed by atoms with van der Waals surface area (Å²) in [5, 5.41) is 21.1. The largest absolute Gasteiger partial charge is 0.461 e. The third-order valence-corrected chi connectivity index (χ3v) is 4.75. The van der Waals surface area contributed by atoms with Gasteiger partial charge in [0.05, 0.1) is 24.4 Å². The molecule has 4 rings (SSSR count). The molecule has 0 aliphatic carbocycles. The van der Waals surface area contributed by atoms with Crippen molar-refractivity contribution in [2.24, 2.45) is 0 Å². The van der Waals surface area contributed by atoms with Gasteiger partial charge in [0.25, 0.3) is 0 Å². The molecular weight excluding hydrogens is 344 g/mol. The number of fused-ring (bicyclic) bond motifs is 2. The fourth-order valence-electron chi connectivity index (χ4n) is 3.42. The Morgan fingerprint density at radius 2 is 2.04 bits per heavy atom. The zero-order valence-corrected chi connectivity index (χ0v) is 15.3. The van der Waals surface area contributed by atoms with Crippen LogP contribution in [0.25, 0.3) is 10.9 Å². The number of hydrogen-bond acceptors (Lipinski definition) is 7. The predicted molar refractivity (Wildman–Crippen MR) is 100 cm³/mol. The Kier molecular flexibility index (Phi) is 4.95. The molecular formula is C19H22N6O2. The lowest BCUT2D eigenvalue weighted by molar-refractivity contribution is 0.0519. The van der Waals surface area contributed by atoms with E-state index in [0.29, 0.717) is 17.7 Å². The van der Waals surface area contributed by atoms with Crippen LogP contribution in [-0.4, -0.2) is 37.5 Å². The number of nitrogens with zero attached hydrogens (tertiary/aromatic N) is 5. The van der Waals surface area contributed by atoms with E-state index in [1.54, 1.807) is 6.92 Å². The Bertz CT molecular complexity index is 968. The lowest BCUT2D eigenvalue weighted by Crippen LogP contribution is -2.15. The second kappa shape index (κ2) is 7.69. The first-order chi connectivity index (χ1) is 13.3. The van der Waals surface area contributed by atoms with Crippen LogP contribution in [0.2, 0.25) is 0 Å². The first kappa shape index (κ1) is 17.4. The molecule has 140 valence electrons. The van der Waals surface area contributed by atoms with Crippen molar-refractivity contribution in [2.45, 2.75) is 45.7 Å². The highest BCUT2D eigenvalue weighted by molar-refractivity contribution is 6.03. The molecule has 1 N–H and O–H groups in total. The molecule has 0 spiro atoms. The van der Waals surface area contributed by atoms with Crippen molar-refractivity contribution in [3.05, 3.63) is 41.6 Å². The van der Waals surface area contributed by atoms with Crippen LogP contribution >= 0.6 is 0 Å². The Morgan fingerprint density at radius 1 is 1.15 bits per heavy atom. The summed E-state index contributed by atoms with van der Waals surface area (Å²) in [6.07, 6.45) is 4.45. The van der Waals surface area contributed by atoms with E-state index in [0.717, 1.165) is 42.8 Å². The molecule has 27 heavy (non-hydrogen) atoms. The van der Waals surface area contributed by atoms with E-state index in [1.807, 2.05) is 24.3 Å². The second-order valence-corrected chi connectivity index (χ2v) is 6.51. The molecule has 0 amide bonds. The Hall–Kier alpha value is -3.03. The van der Waals surface area contributed by atoms with Gasteiger partial charge in [-0.05, 0) is 25.8 Å². The van der Waals surface area contributed by atoms with Gasteiger partial charge in [0.1, 0.15) is 5.82 Å². The van der Waals surface area contributed by atoms with Gasteiger partial charge in [-0.25, -0.2) is 4.79 Å². The van der Waals surface area contributed by atoms with E-state index in [1.165, 1.54) is 6.42 Å². The van der Waals surface area contributed by atoms with Crippen molar-refractivity contribution in [3.63, 3.8) is 0 Å². The molecule has 0 unspecified atom stereocenters. The van der Waals surface area contributed by atoms with Gasteiger partial charge in [0, 0.05) is 18.4 Å². The van der Waals surface area contributed by atoms with Crippen LogP contribution in [0.5, 0.6) is 0 Å². The third kappa shape index (κ3) is 3.47. The van der Waals surface area contributed by atoms with Gasteiger partial charge in [-0.15, -0.1) is 20.4 Å². The van der Waals surface area contributed by atoms with Crippen LogP contribution in [0, 0.1) is 0 Å². The number of esters is 1. The van der Waals surface area contributed by atoms with Crippen LogP contribution in [0.3, 0.4) is 0 Å². The van der Waals surface area contributed by atoms with Crippen molar-refractivity contribution < 1.29 is 9.53 Å². The molecule has 0 saturated heterocycles. The number of rotatable bonds is 5. The number of anilines is 1. The van der Waals surface area contributed by atoms with Gasteiger partial charge < -0.3 is 14.6 Å². The van der Waals surface area contributed by atoms with Crippen molar-refractivity contribution in [1.29, 1.82) is 0 Å². The zero-order chi connectivity index (χ0) is 18.6. The maximum Gasteiger partial charge on any atom is 0.361 e. The smallest absolute Gasteiger partial charge is 0.361 e. The molecule has 0 radical (unpaired) electrons. The molecule has 0 saturated carbocycles. The van der Waals surface area contributed by atoms with E-state index >= 15 is 0 Å². The minimum Gasteiger partial charge on any atom is -0.461 e. The summed E-state index contributed by atoms with van der Waals surface area (Å²) in [4.78, 5) is 12.4. The number of hydrogen-bond donors (Lipinski definition) is 1. The van der Waals surface area contributed by atoms with Gasteiger partial charge >= 0.3 is 5.97 Å². The van der Waals surface area contributed by atoms with Gasteiger partial charge in [-0.3, -0.25) is 0 Å². The van der Waals surface area contributed by atoms with Gasteiger partial charge in [-0.1, -0.05) is 24.6 Å². The van der Waals surface area contributed by atoms with E-state index in [4.69, 9.17) is 4.74 Å². The highest BCUT2D eigenvalue weighted by Crippen LogP contribution is 2.26. The molecule has 2 aromatic heterocycles. The lowest BCUT2D eigenvalue weighted by atomic mass is 10.1. The van der Waals surface area contributed by atoms with Crippen molar-refractivity contribution in [3.8, 4) is 0 Å². The molecule has 0 atom stereocenters. The summed E-state index contributed by atoms with van der Waals surface area (Å²) in [5.74, 6) is 1.41. The molecule has 1 aromatic carbocycles. The summed E-state index contributed by atoms with van der Waals surface area (Å²) in [6.45, 7) is 3.43. The summed E-state index contributed by atoms with van der Waals surface area (Å²) in [6, 6.07) is 7.58. The van der Waals surface area contributed by atoms with Crippen LogP contribution in [-0.2, 0) is 24.2 Å². The molecule has 8 nitrogen and oxygen atoms in total. The van der Waals surface area contributed by atoms with E-state index in [2.05, 4.69) is 30.3 Å². The number of nitrogens with one attached hydrogen (secondary N) is 1. The van der Waals surface area contributed by atoms with Crippen LogP contribution < -0.4 is 5.32 Å². The Balaban J connectivity index is 1.67. The minimum absolute atomic E-state index is 0.186. The molecule has 1 aliphatic heterocycles. The number of benzene rings is 1. The van der Waals surface area contributed by atoms with Crippen molar-refractivity contribution >= 4 is 22.6 Å². The fraction of sp³-hybridized carbons (Fsp3) is 0.421. The summed E-state index contributed by atoms with van der Waals surface area (Å²) in [7, 11) is 0. The predicted octanol–water partition coefficient (Wildman–Crippen LogP) is 2.74. The molecule has 3 aromatic rings. The topological polar surface area (TPSA) is 94.8 Å². The van der Waals surface area contributed by atoms with Crippen LogP contribution in [0.4, 0.5) is 5.69 Å². The van der Waals surface area contributed by atoms with Gasteiger partial charge in [-0.2, -0.15) is 0 Å². The SMILES string of the molecule is CCOC(=O)c1nnc2ccccc2c1NCc1nnc2n1CCCCC2. The van der Waals surface area contributed by atoms with E-state index < -0.39 is 5.97 Å². The van der Waals surface area contributed by atoms with Crippen molar-refractivity contribution in [2.75, 3.05) is 11.9 Å². The number of carbonyl (C=O) groups is 1. The number of ether oxygens (including phenoxy) is 1. The summed E-state index contributed by atoms with van der Waals surface area (Å²) >= 11 is 0. The highest BCUT2D eigenvalue weighted by atomic mass is 16.5. The maximum absolute atomic E-state index is 12.4. The van der Waals surface area contributed by atoms with Crippen LogP contribution in [0.15, 0.2) is 24.3 Å². The normalized spacial score (nSPS) is 13.8. The minimum atomic E-state index is -0.488. The molecule has 1 aliphatic rings. The number of aryl methyl sites for hydroxylation is 1. The second-order valence-electron chi connectivity index (χ2n) is 6.51.